The van der Waals surface area contributed by atoms with Crippen LogP contribution < -0.4 is 26.2 Å². The van der Waals surface area contributed by atoms with Gasteiger partial charge in [-0.15, -0.1) is 0 Å². The predicted octanol–water partition coefficient (Wildman–Crippen LogP) is 17.5. The van der Waals surface area contributed by atoms with Crippen molar-refractivity contribution in [2.24, 2.45) is 0 Å². The second-order valence-electron chi connectivity index (χ2n) is 29.1. The molecule has 0 saturated heterocycles. The smallest absolute Gasteiger partial charge is 0.257 e. The second-order valence-corrected chi connectivity index (χ2v) is 29.1. The number of hydrogen-bond acceptors (Lipinski definition) is 3. The summed E-state index contributed by atoms with van der Waals surface area (Å²) in [7, 11) is 0. The highest BCUT2D eigenvalue weighted by molar-refractivity contribution is 7.01. The Balaban J connectivity index is 1.20. The molecule has 3 nitrogen and oxygen atoms in total. The van der Waals surface area contributed by atoms with Crippen molar-refractivity contribution < 1.29 is 4.42 Å². The van der Waals surface area contributed by atoms with Crippen molar-refractivity contribution in [2.75, 3.05) is 9.80 Å². The molecule has 14 rings (SSSR count). The van der Waals surface area contributed by atoms with Crippen LogP contribution in [0.2, 0.25) is 0 Å². The highest BCUT2D eigenvalue weighted by atomic mass is 16.4. The van der Waals surface area contributed by atoms with Gasteiger partial charge >= 0.3 is 0 Å². The van der Waals surface area contributed by atoms with Crippen LogP contribution in [0.25, 0.3) is 22.1 Å². The van der Waals surface area contributed by atoms with Gasteiger partial charge in [-0.1, -0.05) is 132 Å². The molecule has 74 heavy (non-hydrogen) atoms. The Labute approximate surface area is 444 Å². The molecule has 0 radical (unpaired) electrons. The SMILES string of the molecule is Cc1cc(C)c(-c2cc3c4c(c2)N(c2ccc5c(c2)C(C)(C)CCC5(C)C)c2oc5cc6c(cc5c2B4c2cc(C(C)(C)C)ccc2N3c2cc3c(cc2C)C(C)(C)CCC3(C)C)C2(C)CCC6(C)CC2)c(C)c1. The fourth-order valence-electron chi connectivity index (χ4n) is 15.9. The minimum atomic E-state index is -0.0705. The third-order valence-corrected chi connectivity index (χ3v) is 20.9. The highest BCUT2D eigenvalue weighted by Gasteiger charge is 2.52. The molecule has 3 heterocycles. The molecule has 1 saturated carbocycles. The lowest BCUT2D eigenvalue weighted by atomic mass is 9.33. The number of rotatable bonds is 3. The molecule has 1 fully saturated rings. The first-order chi connectivity index (χ1) is 34.6. The minimum Gasteiger partial charge on any atom is -0.440 e. The van der Waals surface area contributed by atoms with Crippen molar-refractivity contribution in [1.82, 2.24) is 0 Å². The normalized spacial score (nSPS) is 23.2. The van der Waals surface area contributed by atoms with Crippen molar-refractivity contribution in [2.45, 2.75) is 207 Å². The van der Waals surface area contributed by atoms with Gasteiger partial charge in [0.15, 0.2) is 0 Å². The van der Waals surface area contributed by atoms with E-state index in [1.54, 1.807) is 5.56 Å². The van der Waals surface area contributed by atoms with Crippen LogP contribution in [0.1, 0.15) is 203 Å². The van der Waals surface area contributed by atoms with Crippen LogP contribution in [0.5, 0.6) is 0 Å². The number of hydrogen-bond donors (Lipinski definition) is 0. The lowest BCUT2D eigenvalue weighted by Gasteiger charge is -2.52. The zero-order valence-corrected chi connectivity index (χ0v) is 48.1. The van der Waals surface area contributed by atoms with Gasteiger partial charge < -0.3 is 9.32 Å². The average Bonchev–Trinajstić information content (AvgIpc) is 3.74. The summed E-state index contributed by atoms with van der Waals surface area (Å²) in [5.41, 5.74) is 30.1. The second kappa shape index (κ2) is 15.1. The van der Waals surface area contributed by atoms with Crippen molar-refractivity contribution >= 4 is 68.4 Å². The summed E-state index contributed by atoms with van der Waals surface area (Å²) in [6, 6.07) is 35.3. The van der Waals surface area contributed by atoms with Gasteiger partial charge in [-0.3, -0.25) is 4.90 Å². The lowest BCUT2D eigenvalue weighted by Crippen LogP contribution is -2.61. The maximum Gasteiger partial charge on any atom is 0.257 e. The van der Waals surface area contributed by atoms with Gasteiger partial charge in [0, 0.05) is 39.3 Å². The number of nitrogens with zero attached hydrogens (tertiary/aromatic N) is 2. The highest BCUT2D eigenvalue weighted by Crippen LogP contribution is 2.59. The van der Waals surface area contributed by atoms with Gasteiger partial charge in [0.1, 0.15) is 5.58 Å². The van der Waals surface area contributed by atoms with E-state index in [1.807, 2.05) is 0 Å². The standard InChI is InChI=1S/C70H81BN2O/c1-40-30-42(3)60(43(4)31-40)44-33-57-62-58(34-44)73(56-38-51-49(32-41(56)2)66(10,11)24-25-68(51,14)15)55-21-18-45(64(5,6)7)35-54(55)71(62)61-47-37-52-53(70(17)28-26-69(52,16)27-29-70)39-59(47)74-63(61)72(57)46-19-20-48-50(36-46)67(12,13)23-22-65(48,8)9/h18-21,30-39H,22-29H2,1-17H3. The monoisotopic (exact) mass is 977 g/mol. The average molecular weight is 977 g/mol. The van der Waals surface area contributed by atoms with Crippen molar-refractivity contribution in [3.8, 4) is 11.1 Å². The molecule has 4 heteroatoms. The lowest BCUT2D eigenvalue weighted by molar-refractivity contribution is 0.188. The van der Waals surface area contributed by atoms with Gasteiger partial charge in [0.25, 0.3) is 6.71 Å². The van der Waals surface area contributed by atoms with Crippen LogP contribution in [0.15, 0.2) is 89.3 Å². The number of benzene rings is 6. The predicted molar refractivity (Wildman–Crippen MR) is 317 cm³/mol. The first-order valence-corrected chi connectivity index (χ1v) is 28.5. The maximum atomic E-state index is 7.77. The molecular formula is C70H81BN2O. The van der Waals surface area contributed by atoms with Gasteiger partial charge in [-0.25, -0.2) is 0 Å². The summed E-state index contributed by atoms with van der Waals surface area (Å²) in [4.78, 5) is 5.32. The van der Waals surface area contributed by atoms with E-state index in [0.717, 1.165) is 17.9 Å². The molecule has 0 unspecified atom stereocenters. The number of anilines is 6. The first kappa shape index (κ1) is 48.2. The first-order valence-electron chi connectivity index (χ1n) is 28.5. The van der Waals surface area contributed by atoms with E-state index in [-0.39, 0.29) is 44.6 Å². The van der Waals surface area contributed by atoms with Crippen LogP contribution in [-0.2, 0) is 37.9 Å². The molecular weight excluding hydrogens is 896 g/mol. The molecule has 1 aromatic heterocycles. The molecule has 7 aromatic rings. The quantitative estimate of drug-likeness (QED) is 0.165. The zero-order valence-electron chi connectivity index (χ0n) is 48.1. The van der Waals surface area contributed by atoms with Crippen LogP contribution in [0.4, 0.5) is 34.3 Å². The molecule has 0 N–H and O–H groups in total. The number of furan rings is 1. The summed E-state index contributed by atoms with van der Waals surface area (Å²) in [6.45, 7) is 41.2. The number of fused-ring (bicyclic) bond motifs is 10. The van der Waals surface area contributed by atoms with Crippen LogP contribution in [0, 0.1) is 27.7 Å². The van der Waals surface area contributed by atoms with E-state index < -0.39 is 0 Å². The fourth-order valence-corrected chi connectivity index (χ4v) is 15.9. The molecule has 2 aliphatic heterocycles. The van der Waals surface area contributed by atoms with Crippen LogP contribution in [-0.4, -0.2) is 6.71 Å². The van der Waals surface area contributed by atoms with Gasteiger partial charge in [0.05, 0.1) is 0 Å². The topological polar surface area (TPSA) is 19.6 Å². The Kier molecular flexibility index (Phi) is 9.85. The molecule has 0 atom stereocenters. The van der Waals surface area contributed by atoms with Crippen molar-refractivity contribution in [1.29, 1.82) is 0 Å². The molecule has 6 aromatic carbocycles. The fraction of sp³-hybridized carbons (Fsp3) is 0.457. The third-order valence-electron chi connectivity index (χ3n) is 20.9. The van der Waals surface area contributed by atoms with Crippen LogP contribution in [0.3, 0.4) is 0 Å². The molecule has 0 spiro atoms. The van der Waals surface area contributed by atoms with Gasteiger partial charge in [0.2, 0.25) is 5.88 Å². The molecule has 5 aliphatic carbocycles. The maximum absolute atomic E-state index is 7.77. The van der Waals surface area contributed by atoms with E-state index in [1.165, 1.54) is 162 Å². The van der Waals surface area contributed by atoms with E-state index in [4.69, 9.17) is 4.42 Å². The van der Waals surface area contributed by atoms with Crippen molar-refractivity contribution in [3.05, 3.63) is 146 Å². The Morgan fingerprint density at radius 1 is 0.459 bits per heavy atom. The minimum absolute atomic E-state index is 0.0297. The summed E-state index contributed by atoms with van der Waals surface area (Å²) in [5, 5.41) is 1.28. The van der Waals surface area contributed by atoms with Gasteiger partial charge in [-0.2, -0.15) is 0 Å². The zero-order chi connectivity index (χ0) is 52.4. The Bertz CT molecular complexity index is 3570. The van der Waals surface area contributed by atoms with Crippen LogP contribution >= 0.6 is 0 Å². The molecule has 7 aliphatic rings. The summed E-state index contributed by atoms with van der Waals surface area (Å²) in [6.07, 6.45) is 9.66. The van der Waals surface area contributed by atoms with E-state index >= 15 is 0 Å². The molecule has 0 amide bonds. The largest absolute Gasteiger partial charge is 0.440 e. The summed E-state index contributed by atoms with van der Waals surface area (Å²) < 4.78 is 7.77. The molecule has 2 bridgehead atoms. The Morgan fingerprint density at radius 2 is 1.00 bits per heavy atom. The Morgan fingerprint density at radius 3 is 1.59 bits per heavy atom. The van der Waals surface area contributed by atoms with E-state index in [2.05, 4.69) is 212 Å². The van der Waals surface area contributed by atoms with Gasteiger partial charge in [-0.05, 0) is 243 Å². The van der Waals surface area contributed by atoms with E-state index in [0.29, 0.717) is 0 Å². The summed E-state index contributed by atoms with van der Waals surface area (Å²) in [5.74, 6) is 0.977. The Hall–Kier alpha value is -5.48. The summed E-state index contributed by atoms with van der Waals surface area (Å²) >= 11 is 0. The van der Waals surface area contributed by atoms with E-state index in [9.17, 15) is 0 Å². The third kappa shape index (κ3) is 6.70. The number of aryl methyl sites for hydroxylation is 4. The molecule has 380 valence electrons. The van der Waals surface area contributed by atoms with Crippen molar-refractivity contribution in [3.63, 3.8) is 0 Å².